The number of piperidine rings is 1. The monoisotopic (exact) mass is 413 g/mol. The van der Waals surface area contributed by atoms with Gasteiger partial charge in [-0.1, -0.05) is 30.7 Å². The number of sulfonamides is 1. The Labute approximate surface area is 167 Å². The first-order valence-corrected chi connectivity index (χ1v) is 11.6. The Kier molecular flexibility index (Phi) is 6.78. The Bertz CT molecular complexity index is 763. The second-order valence-corrected chi connectivity index (χ2v) is 9.75. The predicted octanol–water partition coefficient (Wildman–Crippen LogP) is 2.05. The zero-order valence-electron chi connectivity index (χ0n) is 15.8. The predicted molar refractivity (Wildman–Crippen MR) is 107 cm³/mol. The fraction of sp³-hybridized carbons (Fsp3) is 0.632. The van der Waals surface area contributed by atoms with Crippen LogP contribution >= 0.6 is 11.6 Å². The second kappa shape index (κ2) is 8.90. The first-order valence-electron chi connectivity index (χ1n) is 9.62. The normalized spacial score (nSPS) is 22.7. The van der Waals surface area contributed by atoms with Gasteiger partial charge >= 0.3 is 0 Å². The number of benzene rings is 1. The van der Waals surface area contributed by atoms with Crippen molar-refractivity contribution in [3.63, 3.8) is 0 Å². The van der Waals surface area contributed by atoms with E-state index in [1.807, 2.05) is 4.90 Å². The molecule has 1 aromatic rings. The summed E-state index contributed by atoms with van der Waals surface area (Å²) in [5.74, 6) is -0.210. The van der Waals surface area contributed by atoms with Crippen LogP contribution in [0.4, 0.5) is 0 Å². The third-order valence-corrected chi connectivity index (χ3v) is 7.55. The lowest BCUT2D eigenvalue weighted by molar-refractivity contribution is -0.138. The van der Waals surface area contributed by atoms with E-state index in [-0.39, 0.29) is 24.1 Å². The van der Waals surface area contributed by atoms with Crippen LogP contribution < -0.4 is 0 Å². The van der Waals surface area contributed by atoms with Crippen molar-refractivity contribution in [2.45, 2.75) is 25.5 Å². The molecule has 27 heavy (non-hydrogen) atoms. The molecule has 0 N–H and O–H groups in total. The van der Waals surface area contributed by atoms with Crippen LogP contribution in [0.15, 0.2) is 24.3 Å². The van der Waals surface area contributed by atoms with Gasteiger partial charge in [-0.2, -0.15) is 0 Å². The van der Waals surface area contributed by atoms with Crippen molar-refractivity contribution < 1.29 is 13.2 Å². The van der Waals surface area contributed by atoms with E-state index in [2.05, 4.69) is 11.8 Å². The van der Waals surface area contributed by atoms with Crippen LogP contribution in [0.5, 0.6) is 0 Å². The standard InChI is InChI=1S/C19H28ClN3O3S/c1-2-21-9-11-22(12-10-21)19(24)17-6-4-8-23(14-17)27(25,26)15-16-5-3-7-18(20)13-16/h3,5,7,13,17H,2,4,6,8-12,14-15H2,1H3. The third-order valence-electron chi connectivity index (χ3n) is 5.50. The van der Waals surface area contributed by atoms with Gasteiger partial charge < -0.3 is 9.80 Å². The summed E-state index contributed by atoms with van der Waals surface area (Å²) < 4.78 is 27.2. The number of hydrogen-bond acceptors (Lipinski definition) is 4. The zero-order chi connectivity index (χ0) is 19.4. The molecule has 2 heterocycles. The molecule has 1 amide bonds. The number of carbonyl (C=O) groups excluding carboxylic acids is 1. The number of likely N-dealkylation sites (N-methyl/N-ethyl adjacent to an activating group) is 1. The van der Waals surface area contributed by atoms with Crippen molar-refractivity contribution in [2.24, 2.45) is 5.92 Å². The van der Waals surface area contributed by atoms with Gasteiger partial charge in [0.05, 0.1) is 11.7 Å². The SMILES string of the molecule is CCN1CCN(C(=O)C2CCCN(S(=O)(=O)Cc3cccc(Cl)c3)C2)CC1. The molecule has 0 aliphatic carbocycles. The average molecular weight is 414 g/mol. The molecule has 3 rings (SSSR count). The lowest BCUT2D eigenvalue weighted by Gasteiger charge is -2.38. The minimum Gasteiger partial charge on any atom is -0.340 e. The van der Waals surface area contributed by atoms with Gasteiger partial charge in [-0.05, 0) is 37.1 Å². The Morgan fingerprint density at radius 2 is 1.93 bits per heavy atom. The summed E-state index contributed by atoms with van der Waals surface area (Å²) in [6.45, 7) is 7.16. The summed E-state index contributed by atoms with van der Waals surface area (Å²) >= 11 is 5.97. The average Bonchev–Trinajstić information content (AvgIpc) is 2.67. The highest BCUT2D eigenvalue weighted by molar-refractivity contribution is 7.88. The molecule has 2 fully saturated rings. The van der Waals surface area contributed by atoms with E-state index in [1.54, 1.807) is 24.3 Å². The number of hydrogen-bond donors (Lipinski definition) is 0. The zero-order valence-corrected chi connectivity index (χ0v) is 17.4. The van der Waals surface area contributed by atoms with Crippen LogP contribution in [-0.4, -0.2) is 74.2 Å². The molecule has 6 nitrogen and oxygen atoms in total. The van der Waals surface area contributed by atoms with Gasteiger partial charge in [0, 0.05) is 44.3 Å². The van der Waals surface area contributed by atoms with Crippen LogP contribution in [0.25, 0.3) is 0 Å². The van der Waals surface area contributed by atoms with Crippen molar-refractivity contribution in [2.75, 3.05) is 45.8 Å². The van der Waals surface area contributed by atoms with Crippen molar-refractivity contribution in [1.29, 1.82) is 0 Å². The molecule has 1 aromatic carbocycles. The maximum absolute atomic E-state index is 12.9. The van der Waals surface area contributed by atoms with Crippen LogP contribution in [-0.2, 0) is 20.6 Å². The maximum Gasteiger partial charge on any atom is 0.227 e. The quantitative estimate of drug-likeness (QED) is 0.741. The molecule has 0 radical (unpaired) electrons. The molecule has 0 spiro atoms. The van der Waals surface area contributed by atoms with E-state index in [4.69, 9.17) is 11.6 Å². The van der Waals surface area contributed by atoms with E-state index >= 15 is 0 Å². The minimum absolute atomic E-state index is 0.0797. The summed E-state index contributed by atoms with van der Waals surface area (Å²) in [7, 11) is -3.47. The number of nitrogens with zero attached hydrogens (tertiary/aromatic N) is 3. The molecular weight excluding hydrogens is 386 g/mol. The molecule has 2 aliphatic heterocycles. The van der Waals surface area contributed by atoms with Crippen LogP contribution in [0.3, 0.4) is 0 Å². The summed E-state index contributed by atoms with van der Waals surface area (Å²) in [6, 6.07) is 6.93. The molecule has 8 heteroatoms. The second-order valence-electron chi connectivity index (χ2n) is 7.34. The summed E-state index contributed by atoms with van der Waals surface area (Å²) in [4.78, 5) is 17.1. The fourth-order valence-electron chi connectivity index (χ4n) is 3.87. The fourth-order valence-corrected chi connectivity index (χ4v) is 5.68. The summed E-state index contributed by atoms with van der Waals surface area (Å²) in [6.07, 6.45) is 1.48. The van der Waals surface area contributed by atoms with Gasteiger partial charge in [0.15, 0.2) is 0 Å². The highest BCUT2D eigenvalue weighted by Gasteiger charge is 2.35. The first kappa shape index (κ1) is 20.6. The lowest BCUT2D eigenvalue weighted by atomic mass is 9.98. The Balaban J connectivity index is 1.62. The minimum atomic E-state index is -3.47. The summed E-state index contributed by atoms with van der Waals surface area (Å²) in [5.41, 5.74) is 0.673. The molecule has 1 atom stereocenters. The smallest absolute Gasteiger partial charge is 0.227 e. The molecular formula is C19H28ClN3O3S. The summed E-state index contributed by atoms with van der Waals surface area (Å²) in [5, 5.41) is 0.528. The third kappa shape index (κ3) is 5.22. The van der Waals surface area contributed by atoms with Gasteiger partial charge in [0.1, 0.15) is 0 Å². The lowest BCUT2D eigenvalue weighted by Crippen LogP contribution is -2.53. The van der Waals surface area contributed by atoms with E-state index < -0.39 is 10.0 Å². The maximum atomic E-state index is 12.9. The van der Waals surface area contributed by atoms with E-state index in [1.165, 1.54) is 4.31 Å². The van der Waals surface area contributed by atoms with Gasteiger partial charge in [0.2, 0.25) is 15.9 Å². The molecule has 0 saturated carbocycles. The van der Waals surface area contributed by atoms with Crippen molar-refractivity contribution in [3.8, 4) is 0 Å². The van der Waals surface area contributed by atoms with E-state index in [0.29, 0.717) is 17.1 Å². The van der Waals surface area contributed by atoms with Gasteiger partial charge in [0.25, 0.3) is 0 Å². The number of halogens is 1. The number of piperazine rings is 1. The highest BCUT2D eigenvalue weighted by Crippen LogP contribution is 2.24. The number of amides is 1. The Hall–Kier alpha value is -1.15. The molecule has 0 bridgehead atoms. The van der Waals surface area contributed by atoms with Crippen molar-refractivity contribution >= 4 is 27.5 Å². The highest BCUT2D eigenvalue weighted by atomic mass is 35.5. The molecule has 150 valence electrons. The first-order chi connectivity index (χ1) is 12.9. The largest absolute Gasteiger partial charge is 0.340 e. The van der Waals surface area contributed by atoms with Crippen molar-refractivity contribution in [3.05, 3.63) is 34.9 Å². The molecule has 2 aliphatic rings. The number of carbonyl (C=O) groups is 1. The van der Waals surface area contributed by atoms with Crippen LogP contribution in [0.1, 0.15) is 25.3 Å². The topological polar surface area (TPSA) is 60.9 Å². The number of rotatable bonds is 5. The van der Waals surface area contributed by atoms with Crippen molar-refractivity contribution in [1.82, 2.24) is 14.1 Å². The van der Waals surface area contributed by atoms with Crippen LogP contribution in [0, 0.1) is 5.92 Å². The van der Waals surface area contributed by atoms with Gasteiger partial charge in [-0.15, -0.1) is 0 Å². The Morgan fingerprint density at radius 1 is 1.19 bits per heavy atom. The van der Waals surface area contributed by atoms with Gasteiger partial charge in [-0.3, -0.25) is 4.79 Å². The molecule has 1 unspecified atom stereocenters. The van der Waals surface area contributed by atoms with Gasteiger partial charge in [-0.25, -0.2) is 12.7 Å². The molecule has 2 saturated heterocycles. The van der Waals surface area contributed by atoms with Crippen LogP contribution in [0.2, 0.25) is 5.02 Å². The Morgan fingerprint density at radius 3 is 2.59 bits per heavy atom. The van der Waals surface area contributed by atoms with E-state index in [9.17, 15) is 13.2 Å². The van der Waals surface area contributed by atoms with E-state index in [0.717, 1.165) is 45.6 Å². The molecule has 0 aromatic heterocycles.